The minimum absolute atomic E-state index is 0.0276. The first-order chi connectivity index (χ1) is 16.9. The number of nitriles is 1. The maximum atomic E-state index is 15.9. The Morgan fingerprint density at radius 3 is 2.74 bits per heavy atom. The van der Waals surface area contributed by atoms with Crippen LogP contribution in [-0.2, 0) is 0 Å². The number of hydrogen-bond donors (Lipinski definition) is 1. The van der Waals surface area contributed by atoms with Crippen LogP contribution < -0.4 is 4.90 Å². The maximum Gasteiger partial charge on any atom is 0.194 e. The first kappa shape index (κ1) is 22.4. The van der Waals surface area contributed by atoms with Gasteiger partial charge in [-0.3, -0.25) is 0 Å². The van der Waals surface area contributed by atoms with Crippen molar-refractivity contribution in [2.75, 3.05) is 4.90 Å². The summed E-state index contributed by atoms with van der Waals surface area (Å²) in [7, 11) is 0. The number of aromatic nitrogens is 4. The molecule has 3 aliphatic rings. The van der Waals surface area contributed by atoms with Gasteiger partial charge >= 0.3 is 0 Å². The Labute approximate surface area is 207 Å². The third kappa shape index (κ3) is 4.04. The van der Waals surface area contributed by atoms with Crippen molar-refractivity contribution in [1.82, 2.24) is 20.2 Å². The van der Waals surface area contributed by atoms with E-state index in [-0.39, 0.29) is 17.2 Å². The van der Waals surface area contributed by atoms with Crippen molar-refractivity contribution in [1.29, 1.82) is 5.26 Å². The molecule has 0 unspecified atom stereocenters. The van der Waals surface area contributed by atoms with Crippen LogP contribution in [0.1, 0.15) is 56.9 Å². The van der Waals surface area contributed by atoms with Crippen molar-refractivity contribution >= 4 is 17.2 Å². The van der Waals surface area contributed by atoms with Gasteiger partial charge in [-0.25, -0.2) is 14.4 Å². The largest absolute Gasteiger partial charge is 0.507 e. The van der Waals surface area contributed by atoms with Gasteiger partial charge in [-0.15, -0.1) is 21.5 Å². The van der Waals surface area contributed by atoms with Gasteiger partial charge in [-0.1, -0.05) is 25.8 Å². The summed E-state index contributed by atoms with van der Waals surface area (Å²) in [5, 5.41) is 28.8. The molecule has 1 N–H and O–H groups in total. The SMILES string of the molecule is C[C@@]12CCC[C@@H](C[C@H](N(c3cnc(-c4ccc(-c5cnc(C#N)s5)cc4O)nn3)C3CC3)[C@@H]1F)C2. The monoisotopic (exact) mass is 490 g/mol. The molecule has 3 aromatic rings. The Morgan fingerprint density at radius 1 is 1.20 bits per heavy atom. The van der Waals surface area contributed by atoms with Gasteiger partial charge in [0.2, 0.25) is 0 Å². The van der Waals surface area contributed by atoms with Crippen LogP contribution in [0.2, 0.25) is 0 Å². The van der Waals surface area contributed by atoms with Crippen molar-refractivity contribution in [3.63, 3.8) is 0 Å². The van der Waals surface area contributed by atoms with Crippen LogP contribution in [0, 0.1) is 22.7 Å². The molecule has 35 heavy (non-hydrogen) atoms. The van der Waals surface area contributed by atoms with Gasteiger partial charge in [-0.05, 0) is 55.7 Å². The Balaban J connectivity index is 1.26. The second-order valence-electron chi connectivity index (χ2n) is 10.5. The number of phenols is 1. The number of benzene rings is 1. The summed E-state index contributed by atoms with van der Waals surface area (Å²) in [5.74, 6) is 1.54. The Bertz CT molecular complexity index is 1290. The van der Waals surface area contributed by atoms with E-state index in [0.29, 0.717) is 34.2 Å². The standard InChI is InChI=1S/C26H27FN6OS/c1-26-8-2-3-15(11-26)9-19(24(26)27)33(17-5-6-17)22-14-30-25(32-31-22)18-7-4-16(10-20(18)34)21-13-29-23(12-28)35-21/h4,7,10,13-15,17,19,24,34H,2-3,5-6,8-9,11H2,1H3/t15-,19-,24-,26-/m0/s1. The third-order valence-corrected chi connectivity index (χ3v) is 8.88. The van der Waals surface area contributed by atoms with E-state index in [4.69, 9.17) is 5.26 Å². The molecule has 1 aromatic carbocycles. The summed E-state index contributed by atoms with van der Waals surface area (Å²) < 4.78 is 15.9. The van der Waals surface area contributed by atoms with Crippen molar-refractivity contribution in [3.05, 3.63) is 35.6 Å². The lowest BCUT2D eigenvalue weighted by atomic mass is 9.60. The lowest BCUT2D eigenvalue weighted by Crippen LogP contribution is -2.56. The summed E-state index contributed by atoms with van der Waals surface area (Å²) in [4.78, 5) is 11.5. The highest BCUT2D eigenvalue weighted by atomic mass is 32.1. The minimum Gasteiger partial charge on any atom is -0.507 e. The highest BCUT2D eigenvalue weighted by Gasteiger charge is 2.52. The molecule has 4 atom stereocenters. The highest BCUT2D eigenvalue weighted by molar-refractivity contribution is 7.15. The zero-order chi connectivity index (χ0) is 24.2. The van der Waals surface area contributed by atoms with Crippen molar-refractivity contribution in [2.24, 2.45) is 11.3 Å². The summed E-state index contributed by atoms with van der Waals surface area (Å²) in [6, 6.07) is 7.34. The first-order valence-electron chi connectivity index (χ1n) is 12.3. The van der Waals surface area contributed by atoms with E-state index in [2.05, 4.69) is 32.0 Å². The molecule has 0 radical (unpaired) electrons. The summed E-state index contributed by atoms with van der Waals surface area (Å²) in [6.45, 7) is 2.12. The van der Waals surface area contributed by atoms with E-state index < -0.39 is 6.17 Å². The number of phenolic OH excluding ortho intramolecular Hbond substituents is 1. The van der Waals surface area contributed by atoms with E-state index >= 15 is 4.39 Å². The van der Waals surface area contributed by atoms with Crippen LogP contribution in [0.15, 0.2) is 30.6 Å². The molecule has 6 rings (SSSR count). The lowest BCUT2D eigenvalue weighted by molar-refractivity contribution is -0.0125. The number of thiazole rings is 1. The number of nitrogens with zero attached hydrogens (tertiary/aromatic N) is 6. The lowest BCUT2D eigenvalue weighted by Gasteiger charge is -2.52. The molecule has 7 nitrogen and oxygen atoms in total. The second-order valence-corrected chi connectivity index (χ2v) is 11.5. The third-order valence-electron chi connectivity index (χ3n) is 7.93. The molecule has 0 amide bonds. The van der Waals surface area contributed by atoms with Crippen LogP contribution in [0.5, 0.6) is 5.75 Å². The number of rotatable bonds is 5. The van der Waals surface area contributed by atoms with E-state index in [1.807, 2.05) is 12.1 Å². The fraction of sp³-hybridized carbons (Fsp3) is 0.500. The van der Waals surface area contributed by atoms with Crippen molar-refractivity contribution in [2.45, 2.75) is 70.1 Å². The molecule has 180 valence electrons. The summed E-state index contributed by atoms with van der Waals surface area (Å²) in [5.41, 5.74) is 0.985. The molecule has 3 fully saturated rings. The van der Waals surface area contributed by atoms with Gasteiger partial charge < -0.3 is 10.0 Å². The zero-order valence-corrected chi connectivity index (χ0v) is 20.4. The zero-order valence-electron chi connectivity index (χ0n) is 19.6. The molecule has 2 aromatic heterocycles. The molecule has 3 saturated carbocycles. The van der Waals surface area contributed by atoms with Crippen LogP contribution >= 0.6 is 11.3 Å². The molecule has 3 aliphatic carbocycles. The smallest absolute Gasteiger partial charge is 0.194 e. The molecule has 0 aliphatic heterocycles. The number of aromatic hydroxyl groups is 1. The van der Waals surface area contributed by atoms with Crippen molar-refractivity contribution in [3.8, 4) is 33.6 Å². The minimum atomic E-state index is -0.883. The molecular weight excluding hydrogens is 463 g/mol. The Hall–Kier alpha value is -3.12. The van der Waals surface area contributed by atoms with Crippen LogP contribution in [-0.4, -0.2) is 43.5 Å². The van der Waals surface area contributed by atoms with Gasteiger partial charge in [0.1, 0.15) is 18.0 Å². The van der Waals surface area contributed by atoms with E-state index in [1.165, 1.54) is 17.8 Å². The van der Waals surface area contributed by atoms with Gasteiger partial charge in [0.25, 0.3) is 0 Å². The van der Waals surface area contributed by atoms with Gasteiger partial charge in [-0.2, -0.15) is 5.26 Å². The van der Waals surface area contributed by atoms with E-state index in [1.54, 1.807) is 24.5 Å². The fourth-order valence-electron chi connectivity index (χ4n) is 6.11. The Morgan fingerprint density at radius 2 is 2.06 bits per heavy atom. The van der Waals surface area contributed by atoms with Crippen LogP contribution in [0.3, 0.4) is 0 Å². The van der Waals surface area contributed by atoms with Gasteiger partial charge in [0.05, 0.1) is 22.7 Å². The van der Waals surface area contributed by atoms with Crippen LogP contribution in [0.4, 0.5) is 10.2 Å². The number of fused-ring (bicyclic) bond motifs is 2. The number of alkyl halides is 1. The van der Waals surface area contributed by atoms with Crippen molar-refractivity contribution < 1.29 is 9.50 Å². The fourth-order valence-corrected chi connectivity index (χ4v) is 6.82. The van der Waals surface area contributed by atoms with E-state index in [9.17, 15) is 5.11 Å². The predicted octanol–water partition coefficient (Wildman–Crippen LogP) is 5.52. The topological polar surface area (TPSA) is 98.8 Å². The summed E-state index contributed by atoms with van der Waals surface area (Å²) >= 11 is 1.27. The molecule has 0 spiro atoms. The number of hydrogen-bond acceptors (Lipinski definition) is 8. The van der Waals surface area contributed by atoms with Gasteiger partial charge in [0.15, 0.2) is 16.6 Å². The average molecular weight is 491 g/mol. The molecule has 2 bridgehead atoms. The number of halogens is 1. The van der Waals surface area contributed by atoms with Gasteiger partial charge in [0, 0.05) is 17.7 Å². The normalized spacial score (nSPS) is 27.9. The highest BCUT2D eigenvalue weighted by Crippen LogP contribution is 2.52. The Kier molecular flexibility index (Phi) is 5.44. The number of anilines is 1. The predicted molar refractivity (Wildman–Crippen MR) is 132 cm³/mol. The van der Waals surface area contributed by atoms with Crippen LogP contribution in [0.25, 0.3) is 21.8 Å². The molecule has 9 heteroatoms. The average Bonchev–Trinajstić information content (AvgIpc) is 3.57. The first-order valence-corrected chi connectivity index (χ1v) is 13.1. The quantitative estimate of drug-likeness (QED) is 0.503. The summed E-state index contributed by atoms with van der Waals surface area (Å²) in [6.07, 6.45) is 9.62. The molecule has 0 saturated heterocycles. The molecule has 2 heterocycles. The molecular formula is C26H27FN6OS. The van der Waals surface area contributed by atoms with E-state index in [0.717, 1.165) is 49.0 Å². The maximum absolute atomic E-state index is 15.9. The second kappa shape index (κ2) is 8.52.